The van der Waals surface area contributed by atoms with E-state index in [0.29, 0.717) is 12.0 Å². The van der Waals surface area contributed by atoms with E-state index in [1.54, 1.807) is 12.1 Å². The van der Waals surface area contributed by atoms with Crippen LogP contribution in [0, 0.1) is 0 Å². The molecule has 0 saturated heterocycles. The summed E-state index contributed by atoms with van der Waals surface area (Å²) in [6.45, 7) is 5.82. The fraction of sp³-hybridized carbons (Fsp3) is 0.455. The van der Waals surface area contributed by atoms with Crippen molar-refractivity contribution >= 4 is 10.1 Å². The normalized spacial score (nSPS) is 12.1. The molecule has 0 bridgehead atoms. The average molecular weight is 228 g/mol. The Kier molecular flexibility index (Phi) is 3.52. The third kappa shape index (κ3) is 2.79. The second kappa shape index (κ2) is 4.33. The van der Waals surface area contributed by atoms with Gasteiger partial charge in [-0.15, -0.1) is 0 Å². The van der Waals surface area contributed by atoms with Gasteiger partial charge in [-0.1, -0.05) is 32.9 Å². The molecule has 0 saturated carbocycles. The van der Waals surface area contributed by atoms with Crippen LogP contribution in [0.3, 0.4) is 0 Å². The van der Waals surface area contributed by atoms with Gasteiger partial charge in [0.05, 0.1) is 4.90 Å². The Labute approximate surface area is 90.9 Å². The zero-order valence-electron chi connectivity index (χ0n) is 9.19. The van der Waals surface area contributed by atoms with Gasteiger partial charge in [-0.25, -0.2) is 0 Å². The maximum absolute atomic E-state index is 11.1. The lowest BCUT2D eigenvalue weighted by molar-refractivity contribution is 0.482. The standard InChI is InChI=1S/C11H16O3S/c1-4-9-5-6-10(8(2)3)7-11(9)15(12,13)14/h5-8H,4H2,1-3H3,(H,12,13,14). The summed E-state index contributed by atoms with van der Waals surface area (Å²) in [7, 11) is -4.10. The molecule has 0 aliphatic rings. The van der Waals surface area contributed by atoms with Crippen molar-refractivity contribution in [2.24, 2.45) is 0 Å². The van der Waals surface area contributed by atoms with Gasteiger partial charge < -0.3 is 0 Å². The highest BCUT2D eigenvalue weighted by molar-refractivity contribution is 7.85. The molecule has 3 nitrogen and oxygen atoms in total. The van der Waals surface area contributed by atoms with Crippen molar-refractivity contribution in [2.45, 2.75) is 38.0 Å². The first-order valence-electron chi connectivity index (χ1n) is 4.96. The number of aryl methyl sites for hydroxylation is 1. The van der Waals surface area contributed by atoms with Crippen molar-refractivity contribution in [2.75, 3.05) is 0 Å². The summed E-state index contributed by atoms with van der Waals surface area (Å²) < 4.78 is 31.4. The lowest BCUT2D eigenvalue weighted by Crippen LogP contribution is -2.04. The zero-order chi connectivity index (χ0) is 11.6. The van der Waals surface area contributed by atoms with Gasteiger partial charge in [-0.2, -0.15) is 8.42 Å². The average Bonchev–Trinajstić information content (AvgIpc) is 2.15. The lowest BCUT2D eigenvalue weighted by Gasteiger charge is -2.10. The summed E-state index contributed by atoms with van der Waals surface area (Å²) in [4.78, 5) is 0.0381. The molecule has 1 rings (SSSR count). The monoisotopic (exact) mass is 228 g/mol. The van der Waals surface area contributed by atoms with E-state index >= 15 is 0 Å². The van der Waals surface area contributed by atoms with Gasteiger partial charge in [0.25, 0.3) is 10.1 Å². The topological polar surface area (TPSA) is 54.4 Å². The lowest BCUT2D eigenvalue weighted by atomic mass is 10.0. The van der Waals surface area contributed by atoms with Crippen LogP contribution in [0.5, 0.6) is 0 Å². The molecule has 0 aliphatic heterocycles. The molecular weight excluding hydrogens is 212 g/mol. The highest BCUT2D eigenvalue weighted by Crippen LogP contribution is 2.22. The van der Waals surface area contributed by atoms with Crippen molar-refractivity contribution < 1.29 is 13.0 Å². The maximum Gasteiger partial charge on any atom is 0.294 e. The van der Waals surface area contributed by atoms with E-state index in [1.165, 1.54) is 0 Å². The number of hydrogen-bond acceptors (Lipinski definition) is 2. The van der Waals surface area contributed by atoms with E-state index < -0.39 is 10.1 Å². The first-order valence-corrected chi connectivity index (χ1v) is 6.40. The molecule has 0 radical (unpaired) electrons. The number of benzene rings is 1. The van der Waals surface area contributed by atoms with Crippen molar-refractivity contribution in [3.63, 3.8) is 0 Å². The third-order valence-electron chi connectivity index (χ3n) is 2.42. The van der Waals surface area contributed by atoms with Crippen LogP contribution in [0.1, 0.15) is 37.8 Å². The van der Waals surface area contributed by atoms with Crippen LogP contribution in [0.4, 0.5) is 0 Å². The van der Waals surface area contributed by atoms with Gasteiger partial charge in [0, 0.05) is 0 Å². The predicted octanol–water partition coefficient (Wildman–Crippen LogP) is 2.62. The van der Waals surface area contributed by atoms with E-state index in [2.05, 4.69) is 0 Å². The largest absolute Gasteiger partial charge is 0.294 e. The first-order chi connectivity index (χ1) is 6.86. The first kappa shape index (κ1) is 12.2. The van der Waals surface area contributed by atoms with Crippen LogP contribution in [0.25, 0.3) is 0 Å². The highest BCUT2D eigenvalue weighted by Gasteiger charge is 2.15. The van der Waals surface area contributed by atoms with Gasteiger partial charge in [0.15, 0.2) is 0 Å². The summed E-state index contributed by atoms with van der Waals surface area (Å²) in [5.41, 5.74) is 1.57. The molecule has 0 heterocycles. The van der Waals surface area contributed by atoms with Crippen LogP contribution in [0.15, 0.2) is 23.1 Å². The van der Waals surface area contributed by atoms with Crippen molar-refractivity contribution in [1.29, 1.82) is 0 Å². The second-order valence-electron chi connectivity index (χ2n) is 3.85. The van der Waals surface area contributed by atoms with Crippen LogP contribution < -0.4 is 0 Å². The molecule has 0 aliphatic carbocycles. The van der Waals surface area contributed by atoms with Gasteiger partial charge >= 0.3 is 0 Å². The Balaban J connectivity index is 3.39. The fourth-order valence-corrected chi connectivity index (χ4v) is 2.29. The molecule has 0 aromatic heterocycles. The molecule has 0 amide bonds. The van der Waals surface area contributed by atoms with Crippen molar-refractivity contribution in [3.05, 3.63) is 29.3 Å². The van der Waals surface area contributed by atoms with Crippen molar-refractivity contribution in [1.82, 2.24) is 0 Å². The predicted molar refractivity (Wildman–Crippen MR) is 59.7 cm³/mol. The minimum atomic E-state index is -4.10. The number of hydrogen-bond donors (Lipinski definition) is 1. The molecular formula is C11H16O3S. The molecule has 0 fully saturated rings. The Morgan fingerprint density at radius 2 is 1.93 bits per heavy atom. The molecule has 1 aromatic carbocycles. The minimum absolute atomic E-state index is 0.0381. The Morgan fingerprint density at radius 1 is 1.33 bits per heavy atom. The molecule has 4 heteroatoms. The van der Waals surface area contributed by atoms with Crippen LogP contribution in [0.2, 0.25) is 0 Å². The molecule has 0 spiro atoms. The molecule has 1 aromatic rings. The van der Waals surface area contributed by atoms with Gasteiger partial charge in [-0.05, 0) is 29.5 Å². The SMILES string of the molecule is CCc1ccc(C(C)C)cc1S(=O)(=O)O. The van der Waals surface area contributed by atoms with Gasteiger partial charge in [0.1, 0.15) is 0 Å². The van der Waals surface area contributed by atoms with Gasteiger partial charge in [0.2, 0.25) is 0 Å². The quantitative estimate of drug-likeness (QED) is 0.809. The Bertz CT molecular complexity index is 447. The maximum atomic E-state index is 11.1. The van der Waals surface area contributed by atoms with Gasteiger partial charge in [-0.3, -0.25) is 4.55 Å². The highest BCUT2D eigenvalue weighted by atomic mass is 32.2. The molecule has 0 atom stereocenters. The Hall–Kier alpha value is -0.870. The van der Waals surface area contributed by atoms with E-state index in [9.17, 15) is 8.42 Å². The molecule has 0 unspecified atom stereocenters. The van der Waals surface area contributed by atoms with E-state index in [1.807, 2.05) is 26.8 Å². The van der Waals surface area contributed by atoms with E-state index in [0.717, 1.165) is 5.56 Å². The zero-order valence-corrected chi connectivity index (χ0v) is 10.0. The minimum Gasteiger partial charge on any atom is -0.282 e. The summed E-state index contributed by atoms with van der Waals surface area (Å²) >= 11 is 0. The van der Waals surface area contributed by atoms with Crippen LogP contribution in [-0.4, -0.2) is 13.0 Å². The van der Waals surface area contributed by atoms with Crippen molar-refractivity contribution in [3.8, 4) is 0 Å². The molecule has 15 heavy (non-hydrogen) atoms. The van der Waals surface area contributed by atoms with E-state index in [-0.39, 0.29) is 10.8 Å². The molecule has 84 valence electrons. The van der Waals surface area contributed by atoms with E-state index in [4.69, 9.17) is 4.55 Å². The second-order valence-corrected chi connectivity index (χ2v) is 5.24. The fourth-order valence-electron chi connectivity index (χ4n) is 1.46. The Morgan fingerprint density at radius 3 is 2.33 bits per heavy atom. The summed E-state index contributed by atoms with van der Waals surface area (Å²) in [6.07, 6.45) is 0.591. The summed E-state index contributed by atoms with van der Waals surface area (Å²) in [5.74, 6) is 0.247. The third-order valence-corrected chi connectivity index (χ3v) is 3.35. The smallest absolute Gasteiger partial charge is 0.282 e. The summed E-state index contributed by atoms with van der Waals surface area (Å²) in [6, 6.07) is 5.22. The molecule has 1 N–H and O–H groups in total. The van der Waals surface area contributed by atoms with Crippen LogP contribution in [-0.2, 0) is 16.5 Å². The van der Waals surface area contributed by atoms with Crippen LogP contribution >= 0.6 is 0 Å². The summed E-state index contributed by atoms with van der Waals surface area (Å²) in [5, 5.41) is 0. The number of rotatable bonds is 3.